The molecule has 23 heavy (non-hydrogen) atoms. The summed E-state index contributed by atoms with van der Waals surface area (Å²) in [4.78, 5) is 8.55. The van der Waals surface area contributed by atoms with E-state index in [0.717, 1.165) is 17.5 Å². The Kier molecular flexibility index (Phi) is 2.54. The molecular weight excluding hydrogens is 292 g/mol. The van der Waals surface area contributed by atoms with Gasteiger partial charge < -0.3 is 19.8 Å². The first-order valence-corrected chi connectivity index (χ1v) is 8.42. The maximum absolute atomic E-state index is 6.30. The lowest BCUT2D eigenvalue weighted by atomic mass is 9.66. The van der Waals surface area contributed by atoms with E-state index in [1.54, 1.807) is 0 Å². The highest BCUT2D eigenvalue weighted by atomic mass is 16.8. The number of nitrogens with two attached hydrogens (primary N) is 1. The molecule has 6 nitrogen and oxygen atoms in total. The zero-order chi connectivity index (χ0) is 15.8. The summed E-state index contributed by atoms with van der Waals surface area (Å²) < 4.78 is 14.8. The Morgan fingerprint density at radius 2 is 2.09 bits per heavy atom. The summed E-state index contributed by atoms with van der Waals surface area (Å²) in [5.41, 5.74) is 7.16. The minimum absolute atomic E-state index is 0.0806. The third-order valence-corrected chi connectivity index (χ3v) is 5.97. The number of ether oxygens (including phenoxy) is 2. The van der Waals surface area contributed by atoms with Crippen LogP contribution in [0.2, 0.25) is 0 Å². The van der Waals surface area contributed by atoms with Gasteiger partial charge in [-0.3, -0.25) is 0 Å². The third-order valence-electron chi connectivity index (χ3n) is 5.97. The zero-order valence-electron chi connectivity index (χ0n) is 13.5. The molecule has 5 rings (SSSR count). The van der Waals surface area contributed by atoms with Crippen molar-refractivity contribution in [2.75, 3.05) is 5.73 Å². The number of aromatic nitrogens is 3. The van der Waals surface area contributed by atoms with Crippen molar-refractivity contribution in [3.05, 3.63) is 18.6 Å². The predicted molar refractivity (Wildman–Crippen MR) is 85.7 cm³/mol. The minimum atomic E-state index is -0.506. The van der Waals surface area contributed by atoms with Crippen molar-refractivity contribution in [1.29, 1.82) is 0 Å². The van der Waals surface area contributed by atoms with E-state index in [2.05, 4.69) is 20.7 Å². The fourth-order valence-corrected chi connectivity index (χ4v) is 4.83. The van der Waals surface area contributed by atoms with Crippen LogP contribution in [-0.2, 0) is 9.47 Å². The number of hydrogen-bond donors (Lipinski definition) is 1. The van der Waals surface area contributed by atoms with Gasteiger partial charge in [0.1, 0.15) is 23.9 Å². The van der Waals surface area contributed by atoms with E-state index in [4.69, 9.17) is 15.2 Å². The van der Waals surface area contributed by atoms with Crippen LogP contribution in [0.15, 0.2) is 18.6 Å². The van der Waals surface area contributed by atoms with Crippen molar-refractivity contribution in [3.8, 4) is 0 Å². The fourth-order valence-electron chi connectivity index (χ4n) is 4.83. The van der Waals surface area contributed by atoms with Crippen LogP contribution in [0.25, 0.3) is 11.0 Å². The Bertz CT molecular complexity index is 780. The molecule has 0 unspecified atom stereocenters. The fraction of sp³-hybridized carbons (Fsp3) is 0.647. The van der Waals surface area contributed by atoms with Gasteiger partial charge >= 0.3 is 0 Å². The molecule has 2 N–H and O–H groups in total. The van der Waals surface area contributed by atoms with E-state index in [1.807, 2.05) is 19.9 Å². The normalized spacial score (nSPS) is 33.9. The van der Waals surface area contributed by atoms with Crippen LogP contribution in [0.3, 0.4) is 0 Å². The van der Waals surface area contributed by atoms with Crippen LogP contribution in [0.5, 0.6) is 0 Å². The molecule has 1 spiro atoms. The van der Waals surface area contributed by atoms with Gasteiger partial charge in [-0.15, -0.1) is 0 Å². The summed E-state index contributed by atoms with van der Waals surface area (Å²) in [6.45, 7) is 4.03. The van der Waals surface area contributed by atoms with Crippen molar-refractivity contribution >= 4 is 16.9 Å². The lowest BCUT2D eigenvalue weighted by molar-refractivity contribution is -0.176. The maximum Gasteiger partial charge on any atom is 0.163 e. The van der Waals surface area contributed by atoms with E-state index in [9.17, 15) is 0 Å². The monoisotopic (exact) mass is 314 g/mol. The SMILES string of the molecule is CC1(C)O[C@H]2[C@H](n3ccc4c(N)ncnc43)CC3(CCC3)[C@H]2O1. The van der Waals surface area contributed by atoms with Crippen LogP contribution in [0, 0.1) is 5.41 Å². The first-order chi connectivity index (χ1) is 11.0. The summed E-state index contributed by atoms with van der Waals surface area (Å²) >= 11 is 0. The standard InChI is InChI=1S/C17H22N4O2/c1-16(2)22-12-11(8-17(5-3-6-17)13(12)23-16)21-7-4-10-14(18)19-9-20-15(10)21/h4,7,9,11-13H,3,5-6,8H2,1-2H3,(H2,18,19,20)/t11-,12+,13+/m1/s1. The molecule has 2 saturated carbocycles. The molecule has 2 aromatic heterocycles. The predicted octanol–water partition coefficient (Wildman–Crippen LogP) is 2.65. The molecule has 1 saturated heterocycles. The molecule has 0 bridgehead atoms. The Balaban J connectivity index is 1.61. The molecule has 1 aliphatic heterocycles. The Hall–Kier alpha value is -1.66. The van der Waals surface area contributed by atoms with E-state index < -0.39 is 5.79 Å². The Morgan fingerprint density at radius 1 is 1.26 bits per heavy atom. The average Bonchev–Trinajstić information content (AvgIpc) is 3.08. The molecule has 0 amide bonds. The van der Waals surface area contributed by atoms with Gasteiger partial charge in [-0.2, -0.15) is 0 Å². The van der Waals surface area contributed by atoms with Gasteiger partial charge in [-0.1, -0.05) is 6.42 Å². The smallest absolute Gasteiger partial charge is 0.163 e. The number of nitrogens with zero attached hydrogens (tertiary/aromatic N) is 3. The third kappa shape index (κ3) is 1.76. The van der Waals surface area contributed by atoms with Gasteiger partial charge in [-0.25, -0.2) is 9.97 Å². The molecule has 0 radical (unpaired) electrons. The van der Waals surface area contributed by atoms with Crippen molar-refractivity contribution in [3.63, 3.8) is 0 Å². The maximum atomic E-state index is 6.30. The molecule has 3 fully saturated rings. The first-order valence-electron chi connectivity index (χ1n) is 8.42. The number of fused-ring (bicyclic) bond motifs is 3. The second kappa shape index (κ2) is 4.24. The van der Waals surface area contributed by atoms with Crippen LogP contribution >= 0.6 is 0 Å². The van der Waals surface area contributed by atoms with E-state index in [0.29, 0.717) is 5.82 Å². The van der Waals surface area contributed by atoms with Gasteiger partial charge in [0, 0.05) is 11.6 Å². The molecule has 3 aliphatic rings. The van der Waals surface area contributed by atoms with Crippen LogP contribution in [0.4, 0.5) is 5.82 Å². The van der Waals surface area contributed by atoms with Gasteiger partial charge in [0.15, 0.2) is 5.79 Å². The van der Waals surface area contributed by atoms with Gasteiger partial charge in [-0.05, 0) is 39.2 Å². The highest BCUT2D eigenvalue weighted by Gasteiger charge is 2.63. The van der Waals surface area contributed by atoms with Crippen molar-refractivity contribution < 1.29 is 9.47 Å². The molecule has 2 aromatic rings. The van der Waals surface area contributed by atoms with Crippen LogP contribution in [0.1, 0.15) is 45.6 Å². The zero-order valence-corrected chi connectivity index (χ0v) is 13.5. The van der Waals surface area contributed by atoms with Crippen LogP contribution in [-0.4, -0.2) is 32.5 Å². The molecule has 3 atom stereocenters. The van der Waals surface area contributed by atoms with E-state index in [-0.39, 0.29) is 23.7 Å². The summed E-state index contributed by atoms with van der Waals surface area (Å²) in [6, 6.07) is 2.25. The quantitative estimate of drug-likeness (QED) is 0.876. The first kappa shape index (κ1) is 13.7. The van der Waals surface area contributed by atoms with Gasteiger partial charge in [0.25, 0.3) is 0 Å². The number of hydrogen-bond acceptors (Lipinski definition) is 5. The Labute approximate surface area is 135 Å². The number of rotatable bonds is 1. The molecule has 6 heteroatoms. The van der Waals surface area contributed by atoms with Crippen molar-refractivity contribution in [2.45, 2.75) is 63.6 Å². The van der Waals surface area contributed by atoms with E-state index in [1.165, 1.54) is 25.6 Å². The van der Waals surface area contributed by atoms with Gasteiger partial charge in [0.2, 0.25) is 0 Å². The highest BCUT2D eigenvalue weighted by molar-refractivity contribution is 5.86. The summed E-state index contributed by atoms with van der Waals surface area (Å²) in [7, 11) is 0. The lowest BCUT2D eigenvalue weighted by Gasteiger charge is -2.42. The van der Waals surface area contributed by atoms with Crippen molar-refractivity contribution in [1.82, 2.24) is 14.5 Å². The molecule has 3 heterocycles. The second-order valence-corrected chi connectivity index (χ2v) is 7.73. The lowest BCUT2D eigenvalue weighted by Crippen LogP contribution is -2.41. The van der Waals surface area contributed by atoms with Gasteiger partial charge in [0.05, 0.1) is 17.5 Å². The number of nitrogen functional groups attached to an aromatic ring is 1. The topological polar surface area (TPSA) is 75.2 Å². The summed E-state index contributed by atoms with van der Waals surface area (Å²) in [5.74, 6) is 0.0266. The molecule has 122 valence electrons. The van der Waals surface area contributed by atoms with E-state index >= 15 is 0 Å². The van der Waals surface area contributed by atoms with Crippen LogP contribution < -0.4 is 5.73 Å². The summed E-state index contributed by atoms with van der Waals surface area (Å²) in [5, 5.41) is 0.914. The Morgan fingerprint density at radius 3 is 2.83 bits per heavy atom. The summed E-state index contributed by atoms with van der Waals surface area (Å²) in [6.07, 6.45) is 8.73. The molecular formula is C17H22N4O2. The second-order valence-electron chi connectivity index (χ2n) is 7.73. The van der Waals surface area contributed by atoms with Crippen molar-refractivity contribution in [2.24, 2.45) is 5.41 Å². The largest absolute Gasteiger partial charge is 0.383 e. The molecule has 2 aliphatic carbocycles. The molecule has 0 aromatic carbocycles. The average molecular weight is 314 g/mol. The number of anilines is 1. The minimum Gasteiger partial charge on any atom is -0.383 e. The highest BCUT2D eigenvalue weighted by Crippen LogP contribution is 2.62.